The Hall–Kier alpha value is -3.53. The van der Waals surface area contributed by atoms with Gasteiger partial charge in [-0.05, 0) is 72.9 Å². The molecule has 2 aromatic heterocycles. The minimum Gasteiger partial charge on any atom is -0.356 e. The molecule has 0 saturated heterocycles. The van der Waals surface area contributed by atoms with Crippen LogP contribution in [0.4, 0.5) is 19.0 Å². The van der Waals surface area contributed by atoms with Crippen molar-refractivity contribution < 1.29 is 13.2 Å². The number of hydrogen-bond donors (Lipinski definition) is 0. The predicted molar refractivity (Wildman–Crippen MR) is 150 cm³/mol. The summed E-state index contributed by atoms with van der Waals surface area (Å²) in [4.78, 5) is 9.59. The molecule has 40 heavy (non-hydrogen) atoms. The Morgan fingerprint density at radius 2 is 1.77 bits per heavy atom. The van der Waals surface area contributed by atoms with Crippen molar-refractivity contribution in [2.75, 3.05) is 18.0 Å². The van der Waals surface area contributed by atoms with Gasteiger partial charge in [0.05, 0.1) is 17.6 Å². The number of hydrogen-bond acceptors (Lipinski definition) is 6. The van der Waals surface area contributed by atoms with Crippen LogP contribution in [0.25, 0.3) is 10.9 Å². The molecule has 212 valence electrons. The number of alkyl halides is 3. The van der Waals surface area contributed by atoms with Gasteiger partial charge in [-0.25, -0.2) is 9.67 Å². The summed E-state index contributed by atoms with van der Waals surface area (Å²) in [6.07, 6.45) is 0.613. The van der Waals surface area contributed by atoms with Crippen LogP contribution in [0.3, 0.4) is 0 Å². The van der Waals surface area contributed by atoms with Crippen LogP contribution in [0.1, 0.15) is 60.7 Å². The average molecular weight is 552 g/mol. The van der Waals surface area contributed by atoms with Crippen molar-refractivity contribution in [3.05, 3.63) is 76.6 Å². The number of tetrazole rings is 1. The van der Waals surface area contributed by atoms with Crippen molar-refractivity contribution in [3.63, 3.8) is 0 Å². The van der Waals surface area contributed by atoms with E-state index in [4.69, 9.17) is 4.98 Å². The Morgan fingerprint density at radius 3 is 2.48 bits per heavy atom. The van der Waals surface area contributed by atoms with Crippen molar-refractivity contribution in [3.8, 4) is 0 Å². The Morgan fingerprint density at radius 1 is 1.00 bits per heavy atom. The van der Waals surface area contributed by atoms with E-state index in [1.54, 1.807) is 18.7 Å². The maximum Gasteiger partial charge on any atom is 0.416 e. The summed E-state index contributed by atoms with van der Waals surface area (Å²) in [6.45, 7) is 6.80. The zero-order valence-corrected chi connectivity index (χ0v) is 23.3. The molecule has 5 rings (SSSR count). The van der Waals surface area contributed by atoms with Crippen molar-refractivity contribution in [2.24, 2.45) is 13.0 Å². The molecular formula is C30H36F3N7. The molecular weight excluding hydrogens is 515 g/mol. The number of aromatic nitrogens is 5. The van der Waals surface area contributed by atoms with E-state index in [-0.39, 0.29) is 0 Å². The molecule has 1 fully saturated rings. The summed E-state index contributed by atoms with van der Waals surface area (Å²) < 4.78 is 42.5. The second-order valence-corrected chi connectivity index (χ2v) is 10.9. The molecule has 1 saturated carbocycles. The number of anilines is 1. The first-order chi connectivity index (χ1) is 19.2. The van der Waals surface area contributed by atoms with E-state index >= 15 is 0 Å². The average Bonchev–Trinajstić information content (AvgIpc) is 3.58. The molecule has 2 heterocycles. The van der Waals surface area contributed by atoms with Gasteiger partial charge in [0.25, 0.3) is 0 Å². The number of aryl methyl sites for hydroxylation is 2. The van der Waals surface area contributed by atoms with Gasteiger partial charge >= 0.3 is 6.18 Å². The van der Waals surface area contributed by atoms with Crippen LogP contribution < -0.4 is 4.90 Å². The molecule has 7 nitrogen and oxygen atoms in total. The molecule has 0 unspecified atom stereocenters. The summed E-state index contributed by atoms with van der Waals surface area (Å²) in [7, 11) is 1.77. The number of benzene rings is 2. The van der Waals surface area contributed by atoms with Gasteiger partial charge in [0.1, 0.15) is 5.82 Å². The van der Waals surface area contributed by atoms with Gasteiger partial charge in [0.15, 0.2) is 5.82 Å². The summed E-state index contributed by atoms with van der Waals surface area (Å²) >= 11 is 0. The number of nitrogens with zero attached hydrogens (tertiary/aromatic N) is 7. The Labute approximate surface area is 233 Å². The van der Waals surface area contributed by atoms with Gasteiger partial charge in [-0.15, -0.1) is 5.10 Å². The predicted octanol–water partition coefficient (Wildman–Crippen LogP) is 6.30. The van der Waals surface area contributed by atoms with Crippen LogP contribution in [-0.4, -0.2) is 43.2 Å². The Bertz CT molecular complexity index is 1440. The third kappa shape index (κ3) is 6.60. The lowest BCUT2D eigenvalue weighted by molar-refractivity contribution is -0.137. The highest BCUT2D eigenvalue weighted by atomic mass is 19.4. The van der Waals surface area contributed by atoms with E-state index in [0.717, 1.165) is 35.4 Å². The molecule has 0 radical (unpaired) electrons. The van der Waals surface area contributed by atoms with Crippen LogP contribution in [0.2, 0.25) is 0 Å². The number of fused-ring (bicyclic) bond motifs is 1. The van der Waals surface area contributed by atoms with Crippen LogP contribution in [-0.2, 0) is 32.9 Å². The van der Waals surface area contributed by atoms with Crippen molar-refractivity contribution >= 4 is 16.7 Å². The fourth-order valence-corrected chi connectivity index (χ4v) is 5.78. The number of rotatable bonds is 10. The fourth-order valence-electron chi connectivity index (χ4n) is 5.78. The zero-order valence-electron chi connectivity index (χ0n) is 23.3. The molecule has 1 aliphatic carbocycles. The standard InChI is InChI=1S/C30H36F3N7/c1-4-40(18-22-9-5-6-10-22)29-25(16-24-11-7-8-12-27(24)34-29)19-39(20-28-35-36-37-38(28)3)17-23-13-21(2)14-26(15-23)30(31,32)33/h7-8,11-16,22H,4-6,9-10,17-20H2,1-3H3. The minimum atomic E-state index is -4.41. The molecule has 0 atom stereocenters. The highest BCUT2D eigenvalue weighted by Gasteiger charge is 2.31. The second kappa shape index (κ2) is 11.9. The van der Waals surface area contributed by atoms with Gasteiger partial charge in [-0.2, -0.15) is 13.2 Å². The molecule has 0 amide bonds. The van der Waals surface area contributed by atoms with Gasteiger partial charge in [-0.1, -0.05) is 42.7 Å². The van der Waals surface area contributed by atoms with Crippen LogP contribution in [0, 0.1) is 12.8 Å². The third-order valence-corrected chi connectivity index (χ3v) is 7.75. The van der Waals surface area contributed by atoms with Crippen molar-refractivity contribution in [1.29, 1.82) is 0 Å². The van der Waals surface area contributed by atoms with Crippen LogP contribution in [0.15, 0.2) is 48.5 Å². The van der Waals surface area contributed by atoms with Gasteiger partial charge in [0, 0.05) is 44.2 Å². The summed E-state index contributed by atoms with van der Waals surface area (Å²) in [5.74, 6) is 2.22. The highest BCUT2D eigenvalue weighted by molar-refractivity contribution is 5.81. The number of para-hydroxylation sites is 1. The maximum absolute atomic E-state index is 13.6. The zero-order chi connectivity index (χ0) is 28.3. The molecule has 10 heteroatoms. The first-order valence-corrected chi connectivity index (χ1v) is 13.9. The van der Waals surface area contributed by atoms with Gasteiger partial charge in [0.2, 0.25) is 0 Å². The second-order valence-electron chi connectivity index (χ2n) is 10.9. The number of pyridine rings is 1. The van der Waals surface area contributed by atoms with E-state index in [1.165, 1.54) is 37.8 Å². The van der Waals surface area contributed by atoms with E-state index in [1.807, 2.05) is 24.3 Å². The minimum absolute atomic E-state index is 0.304. The first-order valence-electron chi connectivity index (χ1n) is 13.9. The summed E-state index contributed by atoms with van der Waals surface area (Å²) in [5.41, 5.74) is 2.51. The molecule has 0 bridgehead atoms. The molecule has 4 aromatic rings. The summed E-state index contributed by atoms with van der Waals surface area (Å²) in [5, 5.41) is 12.9. The topological polar surface area (TPSA) is 63.0 Å². The largest absolute Gasteiger partial charge is 0.416 e. The van der Waals surface area contributed by atoms with Gasteiger partial charge < -0.3 is 4.90 Å². The van der Waals surface area contributed by atoms with Crippen molar-refractivity contribution in [2.45, 2.75) is 65.3 Å². The van der Waals surface area contributed by atoms with Gasteiger partial charge in [-0.3, -0.25) is 4.90 Å². The smallest absolute Gasteiger partial charge is 0.356 e. The molecule has 0 spiro atoms. The Balaban J connectivity index is 1.53. The summed E-state index contributed by atoms with van der Waals surface area (Å²) in [6, 6.07) is 14.5. The quantitative estimate of drug-likeness (QED) is 0.230. The van der Waals surface area contributed by atoms with Crippen molar-refractivity contribution in [1.82, 2.24) is 30.1 Å². The molecule has 2 aromatic carbocycles. The van der Waals surface area contributed by atoms with E-state index in [9.17, 15) is 13.2 Å². The maximum atomic E-state index is 13.6. The molecule has 1 aliphatic rings. The third-order valence-electron chi connectivity index (χ3n) is 7.75. The lowest BCUT2D eigenvalue weighted by Gasteiger charge is -2.30. The van der Waals surface area contributed by atoms with E-state index < -0.39 is 11.7 Å². The van der Waals surface area contributed by atoms with E-state index in [2.05, 4.69) is 44.4 Å². The lowest BCUT2D eigenvalue weighted by atomic mass is 10.0. The highest BCUT2D eigenvalue weighted by Crippen LogP contribution is 2.33. The first kappa shape index (κ1) is 28.0. The lowest BCUT2D eigenvalue weighted by Crippen LogP contribution is -2.32. The molecule has 0 aliphatic heterocycles. The van der Waals surface area contributed by atoms with Crippen LogP contribution in [0.5, 0.6) is 0 Å². The fraction of sp³-hybridized carbons (Fsp3) is 0.467. The monoisotopic (exact) mass is 551 g/mol. The SMILES string of the molecule is CCN(CC1CCCC1)c1nc2ccccc2cc1CN(Cc1cc(C)cc(C(F)(F)F)c1)Cc1nnnn1C. The Kier molecular flexibility index (Phi) is 8.35. The van der Waals surface area contributed by atoms with Crippen LogP contribution >= 0.6 is 0 Å². The normalized spacial score (nSPS) is 14.5. The number of halogens is 3. The van der Waals surface area contributed by atoms with E-state index in [0.29, 0.717) is 42.5 Å². The molecule has 0 N–H and O–H groups in total.